The second kappa shape index (κ2) is 17.6. The molecule has 4 aromatic carbocycles. The first-order chi connectivity index (χ1) is 31.3. The van der Waals surface area contributed by atoms with Crippen LogP contribution in [0.25, 0.3) is 11.2 Å². The number of imidazole rings is 1. The molecule has 1 spiro atoms. The van der Waals surface area contributed by atoms with Gasteiger partial charge in [0.2, 0.25) is 0 Å². The van der Waals surface area contributed by atoms with Gasteiger partial charge in [-0.25, -0.2) is 24.2 Å². The molecule has 2 aromatic heterocycles. The van der Waals surface area contributed by atoms with Crippen molar-refractivity contribution < 1.29 is 32.6 Å². The summed E-state index contributed by atoms with van der Waals surface area (Å²) < 4.78 is 54.7. The van der Waals surface area contributed by atoms with E-state index in [4.69, 9.17) is 28.2 Å². The van der Waals surface area contributed by atoms with Crippen molar-refractivity contribution in [1.82, 2.24) is 24.2 Å². The van der Waals surface area contributed by atoms with E-state index in [0.717, 1.165) is 27.8 Å². The number of hydrogen-bond donors (Lipinski definition) is 1. The summed E-state index contributed by atoms with van der Waals surface area (Å²) in [7, 11) is -4.21. The molecule has 65 heavy (non-hydrogen) atoms. The smallest absolute Gasteiger partial charge is 0.361 e. The van der Waals surface area contributed by atoms with Crippen LogP contribution in [0.1, 0.15) is 91.4 Å². The van der Waals surface area contributed by atoms with Gasteiger partial charge in [-0.2, -0.15) is 5.26 Å². The Morgan fingerprint density at radius 1 is 0.877 bits per heavy atom. The van der Waals surface area contributed by atoms with E-state index in [0.29, 0.717) is 29.6 Å². The number of nitriles is 1. The molecule has 1 aliphatic carbocycles. The molecule has 2 bridgehead atoms. The third-order valence-electron chi connectivity index (χ3n) is 12.8. The van der Waals surface area contributed by atoms with Crippen molar-refractivity contribution in [1.29, 1.82) is 5.26 Å². The number of amides is 1. The summed E-state index contributed by atoms with van der Waals surface area (Å²) in [4.78, 5) is 27.1. The van der Waals surface area contributed by atoms with E-state index in [1.165, 1.54) is 6.33 Å². The van der Waals surface area contributed by atoms with E-state index in [9.17, 15) is 10.1 Å². The number of nitrogens with one attached hydrogen (secondary N) is 1. The SMILES string of the molecule is Cc1ccc(C(OC[C@]23O[C@@H](n4cnc5c(NC(=O)c6ccccc6)ncnc54)[C@H](OC24CC4)[C@@H]3OP(=O)(OCCC#N)N(C(C)C)C(C)C)(c2ccccc2)c2ccc(C)cc2)cc1. The first-order valence-corrected chi connectivity index (χ1v) is 23.7. The highest BCUT2D eigenvalue weighted by Crippen LogP contribution is 2.69. The Labute approximate surface area is 379 Å². The molecule has 3 aliphatic rings. The number of fused-ring (bicyclic) bond motifs is 4. The maximum atomic E-state index is 15.7. The fraction of sp³-hybridized carbons (Fsp3) is 0.380. The average Bonchev–Trinajstić information content (AvgIpc) is 3.75. The lowest BCUT2D eigenvalue weighted by atomic mass is 9.79. The Hall–Kier alpha value is -5.62. The number of hydrogen-bond acceptors (Lipinski definition) is 11. The highest BCUT2D eigenvalue weighted by molar-refractivity contribution is 7.51. The topological polar surface area (TPSA) is 163 Å². The minimum Gasteiger partial charge on any atom is -0.361 e. The highest BCUT2D eigenvalue weighted by atomic mass is 31.2. The zero-order valence-electron chi connectivity index (χ0n) is 37.5. The zero-order chi connectivity index (χ0) is 45.6. The van der Waals surface area contributed by atoms with E-state index in [1.54, 1.807) is 39.8 Å². The molecule has 1 amide bonds. The predicted molar refractivity (Wildman–Crippen MR) is 245 cm³/mol. The van der Waals surface area contributed by atoms with E-state index < -0.39 is 43.0 Å². The van der Waals surface area contributed by atoms with Crippen molar-refractivity contribution in [2.45, 2.75) is 108 Å². The summed E-state index contributed by atoms with van der Waals surface area (Å²) in [5.41, 5.74) is 2.67. The van der Waals surface area contributed by atoms with Crippen molar-refractivity contribution in [2.24, 2.45) is 0 Å². The number of nitrogens with zero attached hydrogens (tertiary/aromatic N) is 6. The summed E-state index contributed by atoms with van der Waals surface area (Å²) in [6.45, 7) is 11.7. The molecule has 5 atom stereocenters. The molecule has 0 radical (unpaired) electrons. The van der Waals surface area contributed by atoms with Crippen molar-refractivity contribution >= 4 is 30.6 Å². The third-order valence-corrected chi connectivity index (χ3v) is 15.3. The fourth-order valence-corrected chi connectivity index (χ4v) is 12.0. The lowest BCUT2D eigenvalue weighted by molar-refractivity contribution is -0.245. The predicted octanol–water partition coefficient (Wildman–Crippen LogP) is 9.45. The first kappa shape index (κ1) is 44.6. The maximum absolute atomic E-state index is 15.7. The summed E-state index contributed by atoms with van der Waals surface area (Å²) in [6.07, 6.45) is 1.41. The summed E-state index contributed by atoms with van der Waals surface area (Å²) >= 11 is 0. The normalized spacial score (nSPS) is 21.9. The average molecular weight is 896 g/mol. The lowest BCUT2D eigenvalue weighted by Gasteiger charge is -2.44. The summed E-state index contributed by atoms with van der Waals surface area (Å²) in [5, 5.41) is 12.4. The molecule has 1 unspecified atom stereocenters. The Kier molecular flexibility index (Phi) is 12.1. The Morgan fingerprint density at radius 3 is 2.06 bits per heavy atom. The zero-order valence-corrected chi connectivity index (χ0v) is 38.4. The largest absolute Gasteiger partial charge is 0.409 e. The van der Waals surface area contributed by atoms with Crippen LogP contribution in [-0.2, 0) is 33.4 Å². The van der Waals surface area contributed by atoms with Crippen LogP contribution >= 0.6 is 7.75 Å². The van der Waals surface area contributed by atoms with Crippen LogP contribution in [0.5, 0.6) is 0 Å². The molecular formula is C50H54N7O7P. The fourth-order valence-electron chi connectivity index (χ4n) is 9.65. The van der Waals surface area contributed by atoms with Crippen molar-refractivity contribution in [2.75, 3.05) is 18.5 Å². The number of ether oxygens (including phenoxy) is 3. The van der Waals surface area contributed by atoms with Crippen molar-refractivity contribution in [3.8, 4) is 6.07 Å². The number of benzene rings is 4. The minimum atomic E-state index is -4.21. The molecule has 14 nitrogen and oxygen atoms in total. The number of carbonyl (C=O) groups is 1. The molecule has 2 aliphatic heterocycles. The Morgan fingerprint density at radius 2 is 1.48 bits per heavy atom. The minimum absolute atomic E-state index is 0.00978. The van der Waals surface area contributed by atoms with Crippen LogP contribution in [-0.4, -0.2) is 78.8 Å². The molecule has 2 saturated heterocycles. The number of rotatable bonds is 17. The van der Waals surface area contributed by atoms with Gasteiger partial charge < -0.3 is 19.5 Å². The van der Waals surface area contributed by atoms with Crippen LogP contribution in [0.4, 0.5) is 5.82 Å². The van der Waals surface area contributed by atoms with Gasteiger partial charge in [0.1, 0.15) is 29.7 Å². The van der Waals surface area contributed by atoms with Gasteiger partial charge >= 0.3 is 7.75 Å². The lowest BCUT2D eigenvalue weighted by Crippen LogP contribution is -2.55. The van der Waals surface area contributed by atoms with Gasteiger partial charge in [-0.1, -0.05) is 108 Å². The second-order valence-electron chi connectivity index (χ2n) is 17.7. The Bertz CT molecular complexity index is 2690. The van der Waals surface area contributed by atoms with Crippen LogP contribution < -0.4 is 5.32 Å². The van der Waals surface area contributed by atoms with Crippen LogP contribution in [0.15, 0.2) is 122 Å². The third kappa shape index (κ3) is 7.89. The Balaban J connectivity index is 1.19. The quantitative estimate of drug-likeness (QED) is 0.0525. The van der Waals surface area contributed by atoms with Gasteiger partial charge in [-0.3, -0.25) is 18.4 Å². The summed E-state index contributed by atoms with van der Waals surface area (Å²) in [6, 6.07) is 37.3. The van der Waals surface area contributed by atoms with Crippen LogP contribution in [0.2, 0.25) is 0 Å². The van der Waals surface area contributed by atoms with Crippen molar-refractivity contribution in [3.05, 3.63) is 155 Å². The molecule has 6 aromatic rings. The molecule has 9 rings (SSSR count). The van der Waals surface area contributed by atoms with Crippen LogP contribution in [0.3, 0.4) is 0 Å². The van der Waals surface area contributed by atoms with E-state index >= 15 is 4.57 Å². The highest BCUT2D eigenvalue weighted by Gasteiger charge is 2.80. The number of aryl methyl sites for hydroxylation is 2. The van der Waals surface area contributed by atoms with E-state index in [1.807, 2.05) is 52.0 Å². The first-order valence-electron chi connectivity index (χ1n) is 22.2. The number of carbonyl (C=O) groups excluding carboxylic acids is 1. The molecule has 1 saturated carbocycles. The molecule has 15 heteroatoms. The van der Waals surface area contributed by atoms with E-state index in [2.05, 4.69) is 95.9 Å². The van der Waals surface area contributed by atoms with Gasteiger partial charge in [-0.15, -0.1) is 0 Å². The van der Waals surface area contributed by atoms with Gasteiger partial charge in [-0.05, 0) is 83.2 Å². The van der Waals surface area contributed by atoms with E-state index in [-0.39, 0.29) is 43.4 Å². The standard InChI is InChI=1S/C50H54N7O7P/c1-33(2)57(34(3)4)65(59,61-29-13-28-51)64-43-42-47(56-32-54-41-44(52-31-53-45(41)56)55-46(58)37-14-9-7-10-15-37)63-49(43,48(62-42)26-27-48)30-60-50(38-16-11-8-12-17-38,39-22-18-35(5)19-23-39)40-24-20-36(6)21-25-40/h7-12,14-25,31-34,42-43,47H,13,26-27,29-30H2,1-6H3,(H,52,53,55,58)/t42-,43+,47-,49-,65?/m1/s1. The van der Waals surface area contributed by atoms with Crippen molar-refractivity contribution in [3.63, 3.8) is 0 Å². The second-order valence-corrected chi connectivity index (χ2v) is 19.6. The molecule has 4 heterocycles. The van der Waals surface area contributed by atoms with Gasteiger partial charge in [0, 0.05) is 17.6 Å². The molecule has 3 fully saturated rings. The van der Waals surface area contributed by atoms with Crippen LogP contribution in [0, 0.1) is 25.2 Å². The van der Waals surface area contributed by atoms with Gasteiger partial charge in [0.15, 0.2) is 28.8 Å². The maximum Gasteiger partial charge on any atom is 0.409 e. The number of aromatic nitrogens is 4. The molecular weight excluding hydrogens is 842 g/mol. The van der Waals surface area contributed by atoms with Gasteiger partial charge in [0.05, 0.1) is 32.0 Å². The number of anilines is 1. The summed E-state index contributed by atoms with van der Waals surface area (Å²) in [5.74, 6) is -0.129. The monoisotopic (exact) mass is 895 g/mol. The van der Waals surface area contributed by atoms with Gasteiger partial charge in [0.25, 0.3) is 5.91 Å². The molecule has 336 valence electrons. The molecule has 1 N–H and O–H groups in total.